The van der Waals surface area contributed by atoms with E-state index in [1.807, 2.05) is 21.7 Å². The van der Waals surface area contributed by atoms with Crippen molar-refractivity contribution in [1.82, 2.24) is 24.6 Å². The molecule has 0 N–H and O–H groups in total. The zero-order chi connectivity index (χ0) is 17.2. The molecule has 2 aliphatic heterocycles. The van der Waals surface area contributed by atoms with Gasteiger partial charge in [0.1, 0.15) is 5.82 Å². The number of carbonyl (C=O) groups excluding carboxylic acids is 1. The number of aromatic nitrogens is 3. The molecule has 25 heavy (non-hydrogen) atoms. The van der Waals surface area contributed by atoms with Crippen molar-refractivity contribution >= 4 is 17.2 Å². The van der Waals surface area contributed by atoms with Crippen molar-refractivity contribution in [3.05, 3.63) is 34.0 Å². The van der Waals surface area contributed by atoms with Crippen molar-refractivity contribution in [3.8, 4) is 0 Å². The number of amides is 1. The normalized spacial score (nSPS) is 19.2. The number of rotatable bonds is 4. The van der Waals surface area contributed by atoms with Crippen LogP contribution in [0.15, 0.2) is 16.8 Å². The van der Waals surface area contributed by atoms with Crippen LogP contribution in [0.3, 0.4) is 0 Å². The summed E-state index contributed by atoms with van der Waals surface area (Å²) in [6.45, 7) is 7.86. The maximum Gasteiger partial charge on any atom is 0.255 e. The highest BCUT2D eigenvalue weighted by molar-refractivity contribution is 7.08. The number of nitrogens with zero attached hydrogens (tertiary/aromatic N) is 5. The molecule has 1 saturated heterocycles. The fourth-order valence-electron chi connectivity index (χ4n) is 3.96. The number of piperidine rings is 1. The van der Waals surface area contributed by atoms with Crippen LogP contribution in [0.1, 0.15) is 54.1 Å². The number of thiophene rings is 1. The Morgan fingerprint density at radius 3 is 2.80 bits per heavy atom. The average molecular weight is 359 g/mol. The molecular weight excluding hydrogens is 334 g/mol. The molecule has 2 aliphatic rings. The summed E-state index contributed by atoms with van der Waals surface area (Å²) in [5.74, 6) is 2.67. The molecule has 1 fully saturated rings. The molecular formula is C18H25N5OS. The van der Waals surface area contributed by atoms with Gasteiger partial charge in [-0.05, 0) is 50.3 Å². The lowest BCUT2D eigenvalue weighted by molar-refractivity contribution is 0.0706. The molecule has 1 amide bonds. The number of hydrogen-bond donors (Lipinski definition) is 0. The van der Waals surface area contributed by atoms with Crippen LogP contribution >= 0.6 is 11.3 Å². The van der Waals surface area contributed by atoms with Crippen LogP contribution in [-0.2, 0) is 13.1 Å². The summed E-state index contributed by atoms with van der Waals surface area (Å²) in [6.07, 6.45) is 3.55. The summed E-state index contributed by atoms with van der Waals surface area (Å²) in [6, 6.07) is 1.89. The van der Waals surface area contributed by atoms with E-state index in [-0.39, 0.29) is 5.91 Å². The topological polar surface area (TPSA) is 54.3 Å². The van der Waals surface area contributed by atoms with Gasteiger partial charge < -0.3 is 14.4 Å². The zero-order valence-electron chi connectivity index (χ0n) is 14.7. The molecule has 4 heterocycles. The van der Waals surface area contributed by atoms with E-state index in [9.17, 15) is 4.79 Å². The molecule has 0 bridgehead atoms. The smallest absolute Gasteiger partial charge is 0.255 e. The summed E-state index contributed by atoms with van der Waals surface area (Å²) >= 11 is 1.56. The number of carbonyl (C=O) groups is 1. The van der Waals surface area contributed by atoms with Crippen molar-refractivity contribution in [2.75, 3.05) is 26.2 Å². The summed E-state index contributed by atoms with van der Waals surface area (Å²) in [5, 5.41) is 12.8. The van der Waals surface area contributed by atoms with Crippen LogP contribution in [0.5, 0.6) is 0 Å². The average Bonchev–Trinajstić information content (AvgIpc) is 3.31. The van der Waals surface area contributed by atoms with E-state index >= 15 is 0 Å². The minimum absolute atomic E-state index is 0.102. The molecule has 2 aromatic rings. The van der Waals surface area contributed by atoms with Crippen LogP contribution < -0.4 is 0 Å². The van der Waals surface area contributed by atoms with E-state index in [2.05, 4.69) is 26.6 Å². The van der Waals surface area contributed by atoms with Gasteiger partial charge in [-0.25, -0.2) is 0 Å². The summed E-state index contributed by atoms with van der Waals surface area (Å²) in [7, 11) is 0. The van der Waals surface area contributed by atoms with Gasteiger partial charge in [-0.15, -0.1) is 10.2 Å². The van der Waals surface area contributed by atoms with Crippen LogP contribution in [0.4, 0.5) is 0 Å². The highest BCUT2D eigenvalue weighted by atomic mass is 32.1. The lowest BCUT2D eigenvalue weighted by atomic mass is 9.95. The Hall–Kier alpha value is -1.73. The number of likely N-dealkylation sites (tertiary alicyclic amines) is 1. The Morgan fingerprint density at radius 1 is 1.24 bits per heavy atom. The molecule has 134 valence electrons. The van der Waals surface area contributed by atoms with Gasteiger partial charge in [0.25, 0.3) is 5.91 Å². The summed E-state index contributed by atoms with van der Waals surface area (Å²) < 4.78 is 2.26. The van der Waals surface area contributed by atoms with E-state index in [1.54, 1.807) is 11.3 Å². The standard InChI is InChI=1S/C18H25N5OS/c1-2-6-21-7-3-14(4-8-21)17-20-19-16-12-22(9-10-23(16)17)18(24)15-5-11-25-13-15/h5,11,13-14H,2-4,6-10,12H2,1H3. The summed E-state index contributed by atoms with van der Waals surface area (Å²) in [4.78, 5) is 17.0. The van der Waals surface area contributed by atoms with E-state index in [0.717, 1.165) is 56.2 Å². The fourth-order valence-corrected chi connectivity index (χ4v) is 4.59. The maximum atomic E-state index is 12.5. The Bertz CT molecular complexity index is 718. The quantitative estimate of drug-likeness (QED) is 0.842. The molecule has 2 aromatic heterocycles. The van der Waals surface area contributed by atoms with Crippen LogP contribution in [0.2, 0.25) is 0 Å². The molecule has 0 aliphatic carbocycles. The van der Waals surface area contributed by atoms with Crippen molar-refractivity contribution in [2.45, 2.75) is 45.2 Å². The van der Waals surface area contributed by atoms with Gasteiger partial charge in [-0.2, -0.15) is 11.3 Å². The lowest BCUT2D eigenvalue weighted by Gasteiger charge is -2.33. The lowest BCUT2D eigenvalue weighted by Crippen LogP contribution is -2.39. The monoisotopic (exact) mass is 359 g/mol. The first-order chi connectivity index (χ1) is 12.3. The molecule has 0 radical (unpaired) electrons. The SMILES string of the molecule is CCCN1CCC(c2nnc3n2CCN(C(=O)c2ccsc2)C3)CC1. The van der Waals surface area contributed by atoms with E-state index in [1.165, 1.54) is 13.0 Å². The molecule has 7 heteroatoms. The van der Waals surface area contributed by atoms with Gasteiger partial charge in [0.15, 0.2) is 5.82 Å². The second-order valence-corrected chi connectivity index (χ2v) is 7.76. The largest absolute Gasteiger partial charge is 0.329 e. The second-order valence-electron chi connectivity index (χ2n) is 6.98. The van der Waals surface area contributed by atoms with Crippen molar-refractivity contribution < 1.29 is 4.79 Å². The Morgan fingerprint density at radius 2 is 2.08 bits per heavy atom. The zero-order valence-corrected chi connectivity index (χ0v) is 15.5. The minimum atomic E-state index is 0.102. The predicted octanol–water partition coefficient (Wildman–Crippen LogP) is 2.59. The fraction of sp³-hybridized carbons (Fsp3) is 0.611. The van der Waals surface area contributed by atoms with E-state index in [4.69, 9.17) is 0 Å². The van der Waals surface area contributed by atoms with Crippen LogP contribution in [-0.4, -0.2) is 56.7 Å². The second kappa shape index (κ2) is 7.25. The van der Waals surface area contributed by atoms with Crippen LogP contribution in [0, 0.1) is 0 Å². The van der Waals surface area contributed by atoms with Gasteiger partial charge in [0.05, 0.1) is 12.1 Å². The third kappa shape index (κ3) is 3.35. The van der Waals surface area contributed by atoms with E-state index < -0.39 is 0 Å². The van der Waals surface area contributed by atoms with Crippen molar-refractivity contribution in [3.63, 3.8) is 0 Å². The van der Waals surface area contributed by atoms with Crippen LogP contribution in [0.25, 0.3) is 0 Å². The molecule has 0 atom stereocenters. The highest BCUT2D eigenvalue weighted by Crippen LogP contribution is 2.29. The van der Waals surface area contributed by atoms with Gasteiger partial charge in [-0.3, -0.25) is 4.79 Å². The molecule has 0 unspecified atom stereocenters. The van der Waals surface area contributed by atoms with Crippen molar-refractivity contribution in [2.24, 2.45) is 0 Å². The first-order valence-corrected chi connectivity index (χ1v) is 10.2. The number of hydrogen-bond acceptors (Lipinski definition) is 5. The maximum absolute atomic E-state index is 12.5. The van der Waals surface area contributed by atoms with E-state index in [0.29, 0.717) is 12.5 Å². The Labute approximate surface area is 152 Å². The first kappa shape index (κ1) is 16.7. The predicted molar refractivity (Wildman–Crippen MR) is 97.8 cm³/mol. The molecule has 4 rings (SSSR count). The molecule has 0 aromatic carbocycles. The first-order valence-electron chi connectivity index (χ1n) is 9.22. The highest BCUT2D eigenvalue weighted by Gasteiger charge is 2.30. The number of fused-ring (bicyclic) bond motifs is 1. The molecule has 0 spiro atoms. The molecule has 6 nitrogen and oxygen atoms in total. The Kier molecular flexibility index (Phi) is 4.85. The van der Waals surface area contributed by atoms with Gasteiger partial charge in [0, 0.05) is 24.4 Å². The third-order valence-electron chi connectivity index (χ3n) is 5.33. The van der Waals surface area contributed by atoms with Gasteiger partial charge in [-0.1, -0.05) is 6.92 Å². The summed E-state index contributed by atoms with van der Waals surface area (Å²) in [5.41, 5.74) is 0.779. The van der Waals surface area contributed by atoms with Gasteiger partial charge in [0.2, 0.25) is 0 Å². The minimum Gasteiger partial charge on any atom is -0.329 e. The Balaban J connectivity index is 1.43. The van der Waals surface area contributed by atoms with Gasteiger partial charge >= 0.3 is 0 Å². The third-order valence-corrected chi connectivity index (χ3v) is 6.01. The van der Waals surface area contributed by atoms with Crippen molar-refractivity contribution in [1.29, 1.82) is 0 Å². The molecule has 0 saturated carbocycles.